The van der Waals surface area contributed by atoms with Gasteiger partial charge < -0.3 is 0 Å². The molecule has 0 spiro atoms. The van der Waals surface area contributed by atoms with Crippen molar-refractivity contribution in [2.75, 3.05) is 0 Å². The predicted octanol–water partition coefficient (Wildman–Crippen LogP) is 2.89. The number of halogens is 4. The van der Waals surface area contributed by atoms with Gasteiger partial charge in [0.15, 0.2) is 6.17 Å². The fourth-order valence-electron chi connectivity index (χ4n) is 0.417. The van der Waals surface area contributed by atoms with Crippen LogP contribution in [0.1, 0.15) is 13.8 Å². The molecular formula is C7H10F4. The minimum Gasteiger partial charge on any atom is -0.244 e. The minimum atomic E-state index is -2.06. The molecule has 4 heteroatoms. The van der Waals surface area contributed by atoms with Crippen molar-refractivity contribution in [1.82, 2.24) is 0 Å². The van der Waals surface area contributed by atoms with E-state index in [4.69, 9.17) is 0 Å². The third kappa shape index (κ3) is 4.01. The standard InChI is InChI=1S/C7H10F4/c1-4(8)6(10)3-7(11)5(2)9/h3-6H,1-2H3/b7-3+/t4?,5-,6?/m0/s1. The summed E-state index contributed by atoms with van der Waals surface area (Å²) in [6.45, 7) is 1.86. The summed E-state index contributed by atoms with van der Waals surface area (Å²) in [7, 11) is 0. The third-order valence-electron chi connectivity index (χ3n) is 1.14. The van der Waals surface area contributed by atoms with E-state index in [2.05, 4.69) is 0 Å². The van der Waals surface area contributed by atoms with Crippen LogP contribution < -0.4 is 0 Å². The van der Waals surface area contributed by atoms with Crippen LogP contribution in [0.25, 0.3) is 0 Å². The zero-order chi connectivity index (χ0) is 9.02. The first kappa shape index (κ1) is 10.5. The van der Waals surface area contributed by atoms with Crippen LogP contribution in [0.3, 0.4) is 0 Å². The largest absolute Gasteiger partial charge is 0.244 e. The van der Waals surface area contributed by atoms with Crippen molar-refractivity contribution >= 4 is 0 Å². The second-order valence-corrected chi connectivity index (χ2v) is 2.29. The molecule has 0 saturated carbocycles. The molecule has 66 valence electrons. The molecule has 0 saturated heterocycles. The van der Waals surface area contributed by atoms with Crippen LogP contribution >= 0.6 is 0 Å². The lowest BCUT2D eigenvalue weighted by Crippen LogP contribution is -2.11. The molecular weight excluding hydrogens is 160 g/mol. The molecule has 0 N–H and O–H groups in total. The maximum Gasteiger partial charge on any atom is 0.152 e. The van der Waals surface area contributed by atoms with Gasteiger partial charge in [0.1, 0.15) is 18.2 Å². The average Bonchev–Trinajstić information content (AvgIpc) is 1.87. The Labute approximate surface area is 62.9 Å². The van der Waals surface area contributed by atoms with Crippen LogP contribution in [0.15, 0.2) is 11.9 Å². The smallest absolute Gasteiger partial charge is 0.152 e. The molecule has 11 heavy (non-hydrogen) atoms. The molecule has 0 aliphatic heterocycles. The van der Waals surface area contributed by atoms with Gasteiger partial charge >= 0.3 is 0 Å². The van der Waals surface area contributed by atoms with Gasteiger partial charge in [-0.05, 0) is 19.9 Å². The minimum absolute atomic E-state index is 0.315. The van der Waals surface area contributed by atoms with E-state index < -0.39 is 24.3 Å². The highest BCUT2D eigenvalue weighted by atomic mass is 19.2. The molecule has 0 bridgehead atoms. The highest BCUT2D eigenvalue weighted by molar-refractivity contribution is 5.02. The Hall–Kier alpha value is -0.540. The van der Waals surface area contributed by atoms with E-state index in [-0.39, 0.29) is 0 Å². The highest BCUT2D eigenvalue weighted by Crippen LogP contribution is 2.13. The fraction of sp³-hybridized carbons (Fsp3) is 0.714. The monoisotopic (exact) mass is 170 g/mol. The Morgan fingerprint density at radius 1 is 1.18 bits per heavy atom. The molecule has 0 fully saturated rings. The Morgan fingerprint density at radius 2 is 1.64 bits per heavy atom. The lowest BCUT2D eigenvalue weighted by Gasteiger charge is -2.04. The van der Waals surface area contributed by atoms with Gasteiger partial charge in [-0.1, -0.05) is 0 Å². The molecule has 0 radical (unpaired) electrons. The van der Waals surface area contributed by atoms with Crippen LogP contribution in [0.5, 0.6) is 0 Å². The lowest BCUT2D eigenvalue weighted by atomic mass is 10.2. The summed E-state index contributed by atoms with van der Waals surface area (Å²) in [6.07, 6.45) is -5.42. The summed E-state index contributed by atoms with van der Waals surface area (Å²) >= 11 is 0. The molecule has 0 aromatic heterocycles. The first-order chi connectivity index (χ1) is 4.95. The van der Waals surface area contributed by atoms with E-state index in [0.717, 1.165) is 13.8 Å². The topological polar surface area (TPSA) is 0 Å². The van der Waals surface area contributed by atoms with E-state index in [1.807, 2.05) is 0 Å². The van der Waals surface area contributed by atoms with Gasteiger partial charge in [-0.3, -0.25) is 0 Å². The van der Waals surface area contributed by atoms with Crippen molar-refractivity contribution in [3.63, 3.8) is 0 Å². The molecule has 0 nitrogen and oxygen atoms in total. The van der Waals surface area contributed by atoms with Gasteiger partial charge in [-0.2, -0.15) is 0 Å². The van der Waals surface area contributed by atoms with Crippen molar-refractivity contribution in [2.45, 2.75) is 32.4 Å². The van der Waals surface area contributed by atoms with Crippen LogP contribution in [0.4, 0.5) is 17.6 Å². The zero-order valence-electron chi connectivity index (χ0n) is 6.32. The number of alkyl halides is 3. The number of rotatable bonds is 3. The van der Waals surface area contributed by atoms with E-state index in [1.165, 1.54) is 0 Å². The van der Waals surface area contributed by atoms with Gasteiger partial charge in [-0.25, -0.2) is 17.6 Å². The first-order valence-corrected chi connectivity index (χ1v) is 3.24. The Balaban J connectivity index is 4.07. The Kier molecular flexibility index (Phi) is 4.15. The van der Waals surface area contributed by atoms with Gasteiger partial charge in [0, 0.05) is 0 Å². The van der Waals surface area contributed by atoms with Gasteiger partial charge in [0.2, 0.25) is 0 Å². The van der Waals surface area contributed by atoms with Crippen LogP contribution in [0, 0.1) is 0 Å². The van der Waals surface area contributed by atoms with E-state index in [9.17, 15) is 17.6 Å². The van der Waals surface area contributed by atoms with Crippen LogP contribution in [-0.4, -0.2) is 18.5 Å². The fourth-order valence-corrected chi connectivity index (χ4v) is 0.417. The second-order valence-electron chi connectivity index (χ2n) is 2.29. The van der Waals surface area contributed by atoms with E-state index in [0.29, 0.717) is 6.08 Å². The molecule has 0 aliphatic rings. The number of hydrogen-bond donors (Lipinski definition) is 0. The predicted molar refractivity (Wildman–Crippen MR) is 35.2 cm³/mol. The van der Waals surface area contributed by atoms with Crippen molar-refractivity contribution in [3.05, 3.63) is 11.9 Å². The summed E-state index contributed by atoms with van der Waals surface area (Å²) in [6, 6.07) is 0. The molecule has 0 aromatic carbocycles. The molecule has 3 atom stereocenters. The molecule has 0 aliphatic carbocycles. The maximum absolute atomic E-state index is 12.3. The van der Waals surface area contributed by atoms with Crippen molar-refractivity contribution in [1.29, 1.82) is 0 Å². The van der Waals surface area contributed by atoms with Crippen molar-refractivity contribution < 1.29 is 17.6 Å². The second kappa shape index (κ2) is 4.36. The SMILES string of the molecule is CC(F)C(F)/C=C(/F)[C@H](C)F. The summed E-state index contributed by atoms with van der Waals surface area (Å²) in [5.74, 6) is -1.26. The zero-order valence-corrected chi connectivity index (χ0v) is 6.32. The first-order valence-electron chi connectivity index (χ1n) is 3.24. The number of hydrogen-bond acceptors (Lipinski definition) is 0. The quantitative estimate of drug-likeness (QED) is 0.571. The van der Waals surface area contributed by atoms with Gasteiger partial charge in [0.05, 0.1) is 0 Å². The molecule has 0 heterocycles. The van der Waals surface area contributed by atoms with Crippen LogP contribution in [-0.2, 0) is 0 Å². The molecule has 0 aromatic rings. The summed E-state index contributed by atoms with van der Waals surface area (Å²) in [5, 5.41) is 0. The average molecular weight is 170 g/mol. The van der Waals surface area contributed by atoms with Gasteiger partial charge in [0.25, 0.3) is 0 Å². The maximum atomic E-state index is 12.3. The highest BCUT2D eigenvalue weighted by Gasteiger charge is 2.15. The lowest BCUT2D eigenvalue weighted by molar-refractivity contribution is 0.216. The molecule has 0 amide bonds. The summed E-state index contributed by atoms with van der Waals surface area (Å²) in [4.78, 5) is 0. The Morgan fingerprint density at radius 3 is 1.91 bits per heavy atom. The van der Waals surface area contributed by atoms with E-state index >= 15 is 0 Å². The Bertz CT molecular complexity index is 139. The normalized spacial score (nSPS) is 21.1. The summed E-state index contributed by atoms with van der Waals surface area (Å²) in [5.41, 5.74) is 0. The van der Waals surface area contributed by atoms with Crippen molar-refractivity contribution in [3.8, 4) is 0 Å². The number of allylic oxidation sites excluding steroid dienone is 2. The molecule has 0 rings (SSSR count). The summed E-state index contributed by atoms with van der Waals surface area (Å²) < 4.78 is 48.5. The van der Waals surface area contributed by atoms with Crippen LogP contribution in [0.2, 0.25) is 0 Å². The third-order valence-corrected chi connectivity index (χ3v) is 1.14. The van der Waals surface area contributed by atoms with Gasteiger partial charge in [-0.15, -0.1) is 0 Å². The van der Waals surface area contributed by atoms with E-state index in [1.54, 1.807) is 0 Å². The molecule has 2 unspecified atom stereocenters. The van der Waals surface area contributed by atoms with Crippen molar-refractivity contribution in [2.24, 2.45) is 0 Å².